The molecule has 0 saturated carbocycles. The van der Waals surface area contributed by atoms with Crippen LogP contribution >= 0.6 is 0 Å². The monoisotopic (exact) mass is 261 g/mol. The molecule has 0 rings (SSSR count). The zero-order chi connectivity index (χ0) is 12.3. The maximum absolute atomic E-state index is 9.70. The van der Waals surface area contributed by atoms with Crippen molar-refractivity contribution in [2.45, 2.75) is 27.7 Å². The fourth-order valence-corrected chi connectivity index (χ4v) is 0. The first kappa shape index (κ1) is 23.6. The molecular formula is C8H14MnO6. The molecular weight excluding hydrogens is 247 g/mol. The minimum Gasteiger partial charge on any atom is -0.550 e. The number of carbonyl (C=O) groups excluding carboxylic acids is 2. The van der Waals surface area contributed by atoms with E-state index in [1.807, 2.05) is 0 Å². The van der Waals surface area contributed by atoms with E-state index in [0.717, 1.165) is 13.8 Å². The van der Waals surface area contributed by atoms with Gasteiger partial charge >= 0.3 is 23.0 Å². The van der Waals surface area contributed by atoms with E-state index in [0.29, 0.717) is 0 Å². The predicted molar refractivity (Wildman–Crippen MR) is 43.8 cm³/mol. The molecule has 0 amide bonds. The largest absolute Gasteiger partial charge is 2.00 e. The zero-order valence-electron chi connectivity index (χ0n) is 8.94. The van der Waals surface area contributed by atoms with Crippen molar-refractivity contribution in [2.75, 3.05) is 0 Å². The van der Waals surface area contributed by atoms with Crippen LogP contribution in [0.2, 0.25) is 0 Å². The number of carbonyl (C=O) groups is 3. The molecule has 0 saturated heterocycles. The van der Waals surface area contributed by atoms with Crippen molar-refractivity contribution < 1.29 is 46.8 Å². The van der Waals surface area contributed by atoms with Crippen molar-refractivity contribution in [3.63, 3.8) is 0 Å². The smallest absolute Gasteiger partial charge is 0.550 e. The Balaban J connectivity index is -0.0000000606. The van der Waals surface area contributed by atoms with Crippen LogP contribution in [0, 0.1) is 5.92 Å². The molecule has 0 aliphatic heterocycles. The van der Waals surface area contributed by atoms with E-state index >= 15 is 0 Å². The van der Waals surface area contributed by atoms with Crippen LogP contribution in [0.4, 0.5) is 0 Å². The Bertz CT molecular complexity index is 170. The number of rotatable bonds is 1. The second-order valence-corrected chi connectivity index (χ2v) is 2.48. The van der Waals surface area contributed by atoms with Gasteiger partial charge in [-0.3, -0.25) is 4.79 Å². The molecule has 89 valence electrons. The van der Waals surface area contributed by atoms with Crippen LogP contribution in [0.1, 0.15) is 27.7 Å². The van der Waals surface area contributed by atoms with Crippen LogP contribution in [-0.2, 0) is 31.5 Å². The molecule has 6 nitrogen and oxygen atoms in total. The zero-order valence-corrected chi connectivity index (χ0v) is 10.1. The van der Waals surface area contributed by atoms with Crippen LogP contribution in [0.25, 0.3) is 0 Å². The Labute approximate surface area is 98.8 Å². The van der Waals surface area contributed by atoms with Gasteiger partial charge in [-0.2, -0.15) is 0 Å². The van der Waals surface area contributed by atoms with Gasteiger partial charge in [0.15, 0.2) is 0 Å². The van der Waals surface area contributed by atoms with Gasteiger partial charge in [0.25, 0.3) is 0 Å². The van der Waals surface area contributed by atoms with Gasteiger partial charge in [-0.05, 0) is 13.8 Å². The molecule has 1 N–H and O–H groups in total. The third kappa shape index (κ3) is 180. The van der Waals surface area contributed by atoms with Gasteiger partial charge in [0.05, 0.1) is 5.92 Å². The molecule has 0 atom stereocenters. The molecule has 15 heavy (non-hydrogen) atoms. The van der Waals surface area contributed by atoms with Gasteiger partial charge in [0, 0.05) is 11.9 Å². The maximum Gasteiger partial charge on any atom is 2.00 e. The number of hydrogen-bond acceptors (Lipinski definition) is 5. The summed E-state index contributed by atoms with van der Waals surface area (Å²) in [6.45, 7) is 5.23. The topological polar surface area (TPSA) is 118 Å². The summed E-state index contributed by atoms with van der Waals surface area (Å²) in [5, 5.41) is 25.8. The molecule has 0 fully saturated rings. The second kappa shape index (κ2) is 15.4. The molecule has 0 aliphatic carbocycles. The molecule has 0 unspecified atom stereocenters. The van der Waals surface area contributed by atoms with Crippen molar-refractivity contribution in [3.05, 3.63) is 0 Å². The average Bonchev–Trinajstić information content (AvgIpc) is 1.83. The molecule has 1 radical (unpaired) electrons. The first-order valence-corrected chi connectivity index (χ1v) is 3.69. The average molecular weight is 261 g/mol. The van der Waals surface area contributed by atoms with Crippen molar-refractivity contribution in [1.82, 2.24) is 0 Å². The summed E-state index contributed by atoms with van der Waals surface area (Å²) >= 11 is 0. The predicted octanol–water partition coefficient (Wildman–Crippen LogP) is -1.76. The van der Waals surface area contributed by atoms with E-state index < -0.39 is 17.9 Å². The first-order valence-electron chi connectivity index (χ1n) is 3.69. The summed E-state index contributed by atoms with van der Waals surface area (Å²) in [6.07, 6.45) is 0. The van der Waals surface area contributed by atoms with E-state index in [1.165, 1.54) is 0 Å². The van der Waals surface area contributed by atoms with Crippen LogP contribution < -0.4 is 10.2 Å². The van der Waals surface area contributed by atoms with Crippen molar-refractivity contribution in [1.29, 1.82) is 0 Å². The molecule has 0 aliphatic rings. The van der Waals surface area contributed by atoms with E-state index in [4.69, 9.17) is 24.9 Å². The maximum atomic E-state index is 9.70. The molecule has 0 spiro atoms. The quantitative estimate of drug-likeness (QED) is 0.558. The van der Waals surface area contributed by atoms with Gasteiger partial charge < -0.3 is 24.9 Å². The van der Waals surface area contributed by atoms with Gasteiger partial charge in [0.1, 0.15) is 0 Å². The first-order chi connectivity index (χ1) is 6.11. The number of aliphatic carboxylic acids is 3. The molecule has 0 heterocycles. The fraction of sp³-hybridized carbons (Fsp3) is 0.625. The molecule has 0 aromatic rings. The standard InChI is InChI=1S/C4H8O2.2C2H4O2.Mn/c1-3(2)4(5)6;2*1-2(3)4;/h3H,1-2H3,(H,5,6);2*1H3,(H,3,4);/q;;;+2/p-2. The number of carboxylic acid groups (broad SMARTS) is 3. The third-order valence-corrected chi connectivity index (χ3v) is 0.494. The normalized spacial score (nSPS) is 7.00. The summed E-state index contributed by atoms with van der Waals surface area (Å²) in [5.74, 6) is -3.14. The Morgan fingerprint density at radius 2 is 1.07 bits per heavy atom. The number of carboxylic acids is 3. The Kier molecular flexibility index (Phi) is 24.3. The van der Waals surface area contributed by atoms with Crippen molar-refractivity contribution in [2.24, 2.45) is 5.92 Å². The van der Waals surface area contributed by atoms with Crippen molar-refractivity contribution >= 4 is 17.9 Å². The molecule has 0 aromatic heterocycles. The van der Waals surface area contributed by atoms with Crippen LogP contribution in [0.15, 0.2) is 0 Å². The summed E-state index contributed by atoms with van der Waals surface area (Å²) < 4.78 is 0. The summed E-state index contributed by atoms with van der Waals surface area (Å²) in [6, 6.07) is 0. The minimum atomic E-state index is -1.08. The van der Waals surface area contributed by atoms with Gasteiger partial charge in [-0.1, -0.05) is 13.8 Å². The Morgan fingerprint density at radius 3 is 1.07 bits per heavy atom. The van der Waals surface area contributed by atoms with Crippen LogP contribution in [0.3, 0.4) is 0 Å². The Morgan fingerprint density at radius 1 is 1.00 bits per heavy atom. The van der Waals surface area contributed by atoms with Gasteiger partial charge in [0.2, 0.25) is 0 Å². The van der Waals surface area contributed by atoms with Gasteiger partial charge in [-0.25, -0.2) is 0 Å². The fourth-order valence-electron chi connectivity index (χ4n) is 0. The van der Waals surface area contributed by atoms with Crippen LogP contribution in [-0.4, -0.2) is 23.0 Å². The second-order valence-electron chi connectivity index (χ2n) is 2.48. The number of hydrogen-bond donors (Lipinski definition) is 1. The van der Waals surface area contributed by atoms with Crippen molar-refractivity contribution in [3.8, 4) is 0 Å². The van der Waals surface area contributed by atoms with E-state index in [2.05, 4.69) is 0 Å². The molecule has 0 bridgehead atoms. The van der Waals surface area contributed by atoms with E-state index in [1.54, 1.807) is 13.8 Å². The van der Waals surface area contributed by atoms with E-state index in [-0.39, 0.29) is 23.0 Å². The van der Waals surface area contributed by atoms with E-state index in [9.17, 15) is 4.79 Å². The van der Waals surface area contributed by atoms with Crippen LogP contribution in [0.5, 0.6) is 0 Å². The summed E-state index contributed by atoms with van der Waals surface area (Å²) in [4.78, 5) is 27.5. The summed E-state index contributed by atoms with van der Waals surface area (Å²) in [7, 11) is 0. The summed E-state index contributed by atoms with van der Waals surface area (Å²) in [5.41, 5.74) is 0. The minimum absolute atomic E-state index is 0. The molecule has 7 heteroatoms. The third-order valence-electron chi connectivity index (χ3n) is 0.494. The Hall–Kier alpha value is -1.07. The molecule has 0 aromatic carbocycles. The van der Waals surface area contributed by atoms with Gasteiger partial charge in [-0.15, -0.1) is 0 Å². The SMILES string of the molecule is CC(=O)[O-].CC(=O)[O-].CC(C)C(=O)O.[Mn+2].